The lowest BCUT2D eigenvalue weighted by atomic mass is 10.2. The van der Waals surface area contributed by atoms with Gasteiger partial charge in [0.05, 0.1) is 11.7 Å². The summed E-state index contributed by atoms with van der Waals surface area (Å²) in [5.41, 5.74) is 0.987. The number of likely N-dealkylation sites (N-methyl/N-ethyl adjacent to an activating group) is 1. The first kappa shape index (κ1) is 12.8. The van der Waals surface area contributed by atoms with Crippen LogP contribution in [0.5, 0.6) is 0 Å². The van der Waals surface area contributed by atoms with Crippen molar-refractivity contribution in [1.82, 2.24) is 4.98 Å². The highest BCUT2D eigenvalue weighted by atomic mass is 16.5. The second kappa shape index (κ2) is 5.35. The van der Waals surface area contributed by atoms with Gasteiger partial charge in [0.15, 0.2) is 0 Å². The molecular weight excluding hydrogens is 232 g/mol. The molecule has 98 valence electrons. The van der Waals surface area contributed by atoms with Crippen LogP contribution in [0.3, 0.4) is 0 Å². The average molecular weight is 250 g/mol. The van der Waals surface area contributed by atoms with Gasteiger partial charge < -0.3 is 14.7 Å². The first-order valence-electron chi connectivity index (χ1n) is 6.11. The van der Waals surface area contributed by atoms with E-state index in [4.69, 9.17) is 9.84 Å². The number of carboxylic acid groups (broad SMARTS) is 1. The predicted molar refractivity (Wildman–Crippen MR) is 68.2 cm³/mol. The maximum atomic E-state index is 11.0. The number of carbonyl (C=O) groups is 1. The number of rotatable bonds is 4. The Labute approximate surface area is 106 Å². The van der Waals surface area contributed by atoms with Gasteiger partial charge in [0.2, 0.25) is 0 Å². The zero-order valence-electron chi connectivity index (χ0n) is 10.7. The van der Waals surface area contributed by atoms with Gasteiger partial charge in [-0.1, -0.05) is 0 Å². The summed E-state index contributed by atoms with van der Waals surface area (Å²) in [6.45, 7) is 3.37. The smallest absolute Gasteiger partial charge is 0.335 e. The molecule has 5 nitrogen and oxygen atoms in total. The number of anilines is 1. The fourth-order valence-electron chi connectivity index (χ4n) is 2.16. The van der Waals surface area contributed by atoms with Crippen molar-refractivity contribution >= 4 is 11.8 Å². The summed E-state index contributed by atoms with van der Waals surface area (Å²) in [5.74, 6) is -0.241. The van der Waals surface area contributed by atoms with Crippen LogP contribution < -0.4 is 4.90 Å². The predicted octanol–water partition coefficient (Wildman–Crippen LogP) is 1.70. The van der Waals surface area contributed by atoms with E-state index < -0.39 is 5.97 Å². The van der Waals surface area contributed by atoms with Gasteiger partial charge in [-0.2, -0.15) is 0 Å². The Morgan fingerprint density at radius 2 is 2.39 bits per heavy atom. The molecule has 0 saturated carbocycles. The van der Waals surface area contributed by atoms with E-state index in [1.165, 1.54) is 0 Å². The standard InChI is InChI=1S/C13H18N2O3/c1-9-6-10(13(16)17)7-12(14-9)15(2)8-11-4-3-5-18-11/h6-7,11H,3-5,8H2,1-2H3,(H,16,17). The molecule has 1 fully saturated rings. The van der Waals surface area contributed by atoms with Gasteiger partial charge in [-0.3, -0.25) is 0 Å². The molecule has 0 amide bonds. The number of ether oxygens (including phenoxy) is 1. The van der Waals surface area contributed by atoms with Gasteiger partial charge in [-0.05, 0) is 31.9 Å². The number of hydrogen-bond donors (Lipinski definition) is 1. The van der Waals surface area contributed by atoms with Crippen molar-refractivity contribution in [2.45, 2.75) is 25.9 Å². The molecule has 5 heteroatoms. The monoisotopic (exact) mass is 250 g/mol. The molecule has 0 spiro atoms. The molecule has 1 saturated heterocycles. The first-order chi connectivity index (χ1) is 8.56. The molecule has 1 N–H and O–H groups in total. The summed E-state index contributed by atoms with van der Waals surface area (Å²) in [6, 6.07) is 3.18. The zero-order chi connectivity index (χ0) is 13.1. The Balaban J connectivity index is 2.13. The Kier molecular flexibility index (Phi) is 3.81. The molecule has 0 radical (unpaired) electrons. The van der Waals surface area contributed by atoms with Crippen LogP contribution in [0, 0.1) is 6.92 Å². The molecule has 18 heavy (non-hydrogen) atoms. The van der Waals surface area contributed by atoms with Crippen molar-refractivity contribution in [1.29, 1.82) is 0 Å². The molecule has 1 aliphatic heterocycles. The molecule has 1 unspecified atom stereocenters. The van der Waals surface area contributed by atoms with E-state index in [1.54, 1.807) is 19.1 Å². The Morgan fingerprint density at radius 1 is 1.61 bits per heavy atom. The van der Waals surface area contributed by atoms with Crippen molar-refractivity contribution in [3.8, 4) is 0 Å². The molecule has 2 heterocycles. The van der Waals surface area contributed by atoms with E-state index >= 15 is 0 Å². The Bertz CT molecular complexity index is 442. The van der Waals surface area contributed by atoms with E-state index in [0.29, 0.717) is 11.5 Å². The van der Waals surface area contributed by atoms with Gasteiger partial charge >= 0.3 is 5.97 Å². The van der Waals surface area contributed by atoms with E-state index in [2.05, 4.69) is 4.98 Å². The molecule has 0 aliphatic carbocycles. The van der Waals surface area contributed by atoms with Crippen LogP contribution in [0.25, 0.3) is 0 Å². The van der Waals surface area contributed by atoms with Crippen LogP contribution >= 0.6 is 0 Å². The van der Waals surface area contributed by atoms with Crippen LogP contribution in [0.2, 0.25) is 0 Å². The maximum absolute atomic E-state index is 11.0. The Hall–Kier alpha value is -1.62. The lowest BCUT2D eigenvalue weighted by Crippen LogP contribution is -2.29. The molecule has 0 bridgehead atoms. The molecule has 1 aromatic heterocycles. The van der Waals surface area contributed by atoms with E-state index in [1.807, 2.05) is 11.9 Å². The highest BCUT2D eigenvalue weighted by molar-refractivity contribution is 5.88. The van der Waals surface area contributed by atoms with E-state index in [9.17, 15) is 4.79 Å². The summed E-state index contributed by atoms with van der Waals surface area (Å²) in [6.07, 6.45) is 2.38. The van der Waals surface area contributed by atoms with Crippen molar-refractivity contribution < 1.29 is 14.6 Å². The lowest BCUT2D eigenvalue weighted by Gasteiger charge is -2.22. The summed E-state index contributed by atoms with van der Waals surface area (Å²) >= 11 is 0. The molecule has 1 aromatic rings. The largest absolute Gasteiger partial charge is 0.478 e. The summed E-state index contributed by atoms with van der Waals surface area (Å²) in [5, 5.41) is 9.03. The van der Waals surface area contributed by atoms with Gasteiger partial charge in [0.1, 0.15) is 5.82 Å². The second-order valence-corrected chi connectivity index (χ2v) is 4.68. The number of hydrogen-bond acceptors (Lipinski definition) is 4. The van der Waals surface area contributed by atoms with Gasteiger partial charge in [0, 0.05) is 25.9 Å². The first-order valence-corrected chi connectivity index (χ1v) is 6.11. The van der Waals surface area contributed by atoms with Crippen molar-refractivity contribution in [2.75, 3.05) is 25.1 Å². The van der Waals surface area contributed by atoms with Crippen LogP contribution in [-0.2, 0) is 4.74 Å². The fourth-order valence-corrected chi connectivity index (χ4v) is 2.16. The van der Waals surface area contributed by atoms with E-state index in [0.717, 1.165) is 26.0 Å². The lowest BCUT2D eigenvalue weighted by molar-refractivity contribution is 0.0696. The minimum absolute atomic E-state index is 0.227. The van der Waals surface area contributed by atoms with Crippen molar-refractivity contribution in [3.05, 3.63) is 23.4 Å². The number of aryl methyl sites for hydroxylation is 1. The quantitative estimate of drug-likeness (QED) is 0.881. The third-order valence-corrected chi connectivity index (χ3v) is 3.08. The van der Waals surface area contributed by atoms with Crippen LogP contribution in [0.1, 0.15) is 28.9 Å². The van der Waals surface area contributed by atoms with Crippen LogP contribution in [0.15, 0.2) is 12.1 Å². The van der Waals surface area contributed by atoms with Gasteiger partial charge in [0.25, 0.3) is 0 Å². The third kappa shape index (κ3) is 2.98. The number of aromatic nitrogens is 1. The molecule has 0 aromatic carbocycles. The fraction of sp³-hybridized carbons (Fsp3) is 0.538. The van der Waals surface area contributed by atoms with Gasteiger partial charge in [-0.15, -0.1) is 0 Å². The average Bonchev–Trinajstić information content (AvgIpc) is 2.80. The van der Waals surface area contributed by atoms with Gasteiger partial charge in [-0.25, -0.2) is 9.78 Å². The number of nitrogens with zero attached hydrogens (tertiary/aromatic N) is 2. The second-order valence-electron chi connectivity index (χ2n) is 4.68. The number of pyridine rings is 1. The summed E-state index contributed by atoms with van der Waals surface area (Å²) in [7, 11) is 1.91. The topological polar surface area (TPSA) is 62.7 Å². The highest BCUT2D eigenvalue weighted by Crippen LogP contribution is 2.18. The number of carboxylic acids is 1. The van der Waals surface area contributed by atoms with E-state index in [-0.39, 0.29) is 11.7 Å². The van der Waals surface area contributed by atoms with Crippen molar-refractivity contribution in [3.63, 3.8) is 0 Å². The summed E-state index contributed by atoms with van der Waals surface area (Å²) < 4.78 is 5.57. The van der Waals surface area contributed by atoms with Crippen molar-refractivity contribution in [2.24, 2.45) is 0 Å². The minimum Gasteiger partial charge on any atom is -0.478 e. The van der Waals surface area contributed by atoms with Crippen LogP contribution in [0.4, 0.5) is 5.82 Å². The number of aromatic carboxylic acids is 1. The zero-order valence-corrected chi connectivity index (χ0v) is 10.7. The normalized spacial score (nSPS) is 18.9. The molecule has 2 rings (SSSR count). The molecule has 1 aliphatic rings. The summed E-state index contributed by atoms with van der Waals surface area (Å²) in [4.78, 5) is 17.3. The Morgan fingerprint density at radius 3 is 3.00 bits per heavy atom. The maximum Gasteiger partial charge on any atom is 0.335 e. The molecule has 1 atom stereocenters. The minimum atomic E-state index is -0.924. The third-order valence-electron chi connectivity index (χ3n) is 3.08. The van der Waals surface area contributed by atoms with Crippen LogP contribution in [-0.4, -0.2) is 42.4 Å². The highest BCUT2D eigenvalue weighted by Gasteiger charge is 2.19. The SMILES string of the molecule is Cc1cc(C(=O)O)cc(N(C)CC2CCCO2)n1. The molecular formula is C13H18N2O3.